The molecule has 0 spiro atoms. The van der Waals surface area contributed by atoms with Crippen molar-refractivity contribution in [2.24, 2.45) is 0 Å². The van der Waals surface area contributed by atoms with Crippen LogP contribution in [0.4, 0.5) is 11.4 Å². The van der Waals surface area contributed by atoms with Crippen molar-refractivity contribution >= 4 is 51.0 Å². The van der Waals surface area contributed by atoms with Crippen LogP contribution in [0.2, 0.25) is 78.6 Å². The Morgan fingerprint density at radius 1 is 0.533 bits per heavy atom. The van der Waals surface area contributed by atoms with Crippen LogP contribution in [0, 0.1) is 0 Å². The molecule has 6 nitrogen and oxygen atoms in total. The van der Waals surface area contributed by atoms with Gasteiger partial charge in [0.15, 0.2) is 22.9 Å². The van der Waals surface area contributed by atoms with Crippen molar-refractivity contribution in [3.05, 3.63) is 35.4 Å². The molecule has 0 fully saturated rings. The zero-order valence-corrected chi connectivity index (χ0v) is 35.8. The van der Waals surface area contributed by atoms with Crippen LogP contribution >= 0.6 is 0 Å². The van der Waals surface area contributed by atoms with E-state index in [-0.39, 0.29) is 10.8 Å². The van der Waals surface area contributed by atoms with Gasteiger partial charge in [0.2, 0.25) is 39.6 Å². The maximum absolute atomic E-state index is 6.80. The molecule has 0 saturated carbocycles. The second-order valence-electron chi connectivity index (χ2n) is 18.5. The first-order valence-corrected chi connectivity index (χ1v) is 30.2. The normalized spacial score (nSPS) is 15.2. The highest BCUT2D eigenvalue weighted by atomic mass is 28.4. The lowest BCUT2D eigenvalue weighted by atomic mass is 9.86. The van der Waals surface area contributed by atoms with Crippen LogP contribution in [0.25, 0.3) is 0 Å². The molecule has 0 aliphatic carbocycles. The van der Waals surface area contributed by atoms with E-state index in [9.17, 15) is 0 Å². The number of anilines is 1. The molecule has 0 N–H and O–H groups in total. The predicted molar refractivity (Wildman–Crippen MR) is 204 cm³/mol. The van der Waals surface area contributed by atoms with Gasteiger partial charge >= 0.3 is 0 Å². The van der Waals surface area contributed by atoms with E-state index in [0.29, 0.717) is 0 Å². The van der Waals surface area contributed by atoms with E-state index in [1.54, 1.807) is 0 Å². The van der Waals surface area contributed by atoms with Gasteiger partial charge in [-0.05, 0) is 102 Å². The van der Waals surface area contributed by atoms with Crippen LogP contribution in [0.1, 0.15) is 52.7 Å². The van der Waals surface area contributed by atoms with Crippen LogP contribution in [-0.4, -0.2) is 57.3 Å². The fourth-order valence-electron chi connectivity index (χ4n) is 5.24. The Hall–Kier alpha value is -2.02. The summed E-state index contributed by atoms with van der Waals surface area (Å²) in [5.41, 5.74) is 4.31. The minimum Gasteiger partial charge on any atom is -0.544 e. The first-order chi connectivity index (χ1) is 20.0. The van der Waals surface area contributed by atoms with E-state index in [0.717, 1.165) is 47.5 Å². The predicted octanol–water partition coefficient (Wildman–Crippen LogP) is 10.3. The Kier molecular flexibility index (Phi) is 10.4. The third kappa shape index (κ3) is 10.8. The maximum atomic E-state index is 6.80. The number of benzene rings is 2. The van der Waals surface area contributed by atoms with E-state index in [4.69, 9.17) is 17.7 Å². The minimum atomic E-state index is -1.91. The van der Waals surface area contributed by atoms with Gasteiger partial charge in [-0.1, -0.05) is 41.5 Å². The third-order valence-corrected chi connectivity index (χ3v) is 10.2. The SMILES string of the molecule is CC(C)(C)c1cc(O[Si](C)(C)C)c(N2C=[N+](c3cc(O[Si](C)(C)C)c(C(C)(C)C)cc3O[Si](C)(C)C)CC2)cc1O[Si](C)(C)C. The fraction of sp³-hybridized carbons (Fsp3) is 0.629. The van der Waals surface area contributed by atoms with Crippen molar-refractivity contribution < 1.29 is 22.3 Å². The van der Waals surface area contributed by atoms with E-state index in [1.165, 1.54) is 11.1 Å². The van der Waals surface area contributed by atoms with Crippen molar-refractivity contribution in [1.29, 1.82) is 0 Å². The molecule has 0 bridgehead atoms. The molecule has 45 heavy (non-hydrogen) atoms. The third-order valence-electron chi connectivity index (χ3n) is 6.88. The van der Waals surface area contributed by atoms with Crippen molar-refractivity contribution in [2.75, 3.05) is 18.0 Å². The average Bonchev–Trinajstić information content (AvgIpc) is 3.25. The summed E-state index contributed by atoms with van der Waals surface area (Å²) in [7, 11) is -7.57. The fourth-order valence-corrected chi connectivity index (χ4v) is 8.54. The summed E-state index contributed by atoms with van der Waals surface area (Å²) < 4.78 is 29.4. The second kappa shape index (κ2) is 12.5. The zero-order chi connectivity index (χ0) is 34.6. The minimum absolute atomic E-state index is 0.0868. The van der Waals surface area contributed by atoms with Crippen LogP contribution < -0.4 is 22.6 Å². The Bertz CT molecular complexity index is 1410. The molecule has 0 aromatic heterocycles. The lowest BCUT2D eigenvalue weighted by Gasteiger charge is -2.30. The van der Waals surface area contributed by atoms with Gasteiger partial charge in [-0.2, -0.15) is 0 Å². The molecule has 0 unspecified atom stereocenters. The molecule has 1 aliphatic rings. The Labute approximate surface area is 279 Å². The smallest absolute Gasteiger partial charge is 0.245 e. The van der Waals surface area contributed by atoms with E-state index in [2.05, 4.69) is 160 Å². The van der Waals surface area contributed by atoms with Crippen LogP contribution in [0.3, 0.4) is 0 Å². The standard InChI is InChI=1S/C35H63N2O4Si4/c1-34(2,3)26-21-32(40-44(13,14)15)28(23-30(26)38-42(7,8)9)36-19-20-37(25-36)29-24-31(39-43(10,11)12)27(35(4,5)6)22-33(29)41-45(16,17)18/h21-25H,19-20H2,1-18H3/q+1. The first kappa shape index (κ1) is 37.4. The number of hydrogen-bond acceptors (Lipinski definition) is 5. The van der Waals surface area contributed by atoms with E-state index < -0.39 is 33.3 Å². The highest BCUT2D eigenvalue weighted by molar-refractivity contribution is 6.71. The lowest BCUT2D eigenvalue weighted by molar-refractivity contribution is -0.424. The van der Waals surface area contributed by atoms with Crippen LogP contribution in [0.15, 0.2) is 24.3 Å². The zero-order valence-electron chi connectivity index (χ0n) is 31.8. The van der Waals surface area contributed by atoms with Gasteiger partial charge in [0.25, 0.3) is 0 Å². The summed E-state index contributed by atoms with van der Waals surface area (Å²) in [5.74, 6) is 3.80. The second-order valence-corrected chi connectivity index (χ2v) is 36.2. The van der Waals surface area contributed by atoms with E-state index >= 15 is 0 Å². The Balaban J connectivity index is 2.28. The van der Waals surface area contributed by atoms with Crippen LogP contribution in [0.5, 0.6) is 23.0 Å². The quantitative estimate of drug-likeness (QED) is 0.184. The highest BCUT2D eigenvalue weighted by Crippen LogP contribution is 2.45. The molecule has 1 heterocycles. The molecule has 0 amide bonds. The summed E-state index contributed by atoms with van der Waals surface area (Å²) in [4.78, 5) is 2.33. The molecule has 0 radical (unpaired) electrons. The summed E-state index contributed by atoms with van der Waals surface area (Å²) in [6.45, 7) is 42.1. The van der Waals surface area contributed by atoms with Gasteiger partial charge in [0, 0.05) is 23.3 Å². The number of nitrogens with zero attached hydrogens (tertiary/aromatic N) is 2. The molecular formula is C35H63N2O4Si4+. The van der Waals surface area contributed by atoms with Gasteiger partial charge in [-0.15, -0.1) is 0 Å². The number of rotatable bonds is 10. The molecule has 0 atom stereocenters. The largest absolute Gasteiger partial charge is 0.544 e. The monoisotopic (exact) mass is 687 g/mol. The van der Waals surface area contributed by atoms with Crippen molar-refractivity contribution in [3.8, 4) is 23.0 Å². The van der Waals surface area contributed by atoms with Crippen molar-refractivity contribution in [2.45, 2.75) is 131 Å². The molecule has 10 heteroatoms. The van der Waals surface area contributed by atoms with Gasteiger partial charge in [0.05, 0.1) is 0 Å². The lowest BCUT2D eigenvalue weighted by Crippen LogP contribution is -2.33. The average molecular weight is 688 g/mol. The first-order valence-electron chi connectivity index (χ1n) is 16.5. The summed E-state index contributed by atoms with van der Waals surface area (Å²) in [6, 6.07) is 8.96. The van der Waals surface area contributed by atoms with Gasteiger partial charge in [-0.25, -0.2) is 9.48 Å². The van der Waals surface area contributed by atoms with E-state index in [1.807, 2.05) is 0 Å². The molecule has 2 aromatic carbocycles. The number of hydrogen-bond donors (Lipinski definition) is 0. The van der Waals surface area contributed by atoms with Crippen LogP contribution in [-0.2, 0) is 10.8 Å². The van der Waals surface area contributed by atoms with Gasteiger partial charge in [0.1, 0.15) is 24.6 Å². The van der Waals surface area contributed by atoms with Gasteiger partial charge < -0.3 is 17.7 Å². The van der Waals surface area contributed by atoms with Gasteiger partial charge in [-0.3, -0.25) is 0 Å². The topological polar surface area (TPSA) is 43.2 Å². The summed E-state index contributed by atoms with van der Waals surface area (Å²) in [6.07, 6.45) is 2.23. The summed E-state index contributed by atoms with van der Waals surface area (Å²) in [5, 5.41) is 0. The molecule has 2 aromatic rings. The maximum Gasteiger partial charge on any atom is 0.245 e. The molecule has 1 aliphatic heterocycles. The molecular weight excluding hydrogens is 625 g/mol. The molecule has 3 rings (SSSR count). The Morgan fingerprint density at radius 2 is 0.911 bits per heavy atom. The van der Waals surface area contributed by atoms with Crippen molar-refractivity contribution in [1.82, 2.24) is 0 Å². The highest BCUT2D eigenvalue weighted by Gasteiger charge is 2.35. The summed E-state index contributed by atoms with van der Waals surface area (Å²) >= 11 is 0. The molecule has 252 valence electrons. The molecule has 0 saturated heterocycles. The Morgan fingerprint density at radius 3 is 1.33 bits per heavy atom. The van der Waals surface area contributed by atoms with Crippen molar-refractivity contribution in [3.63, 3.8) is 0 Å².